The van der Waals surface area contributed by atoms with Gasteiger partial charge in [0.15, 0.2) is 5.76 Å². The molecule has 166 valence electrons. The first kappa shape index (κ1) is 21.5. The van der Waals surface area contributed by atoms with Crippen LogP contribution in [-0.2, 0) is 14.8 Å². The molecule has 0 spiro atoms. The van der Waals surface area contributed by atoms with Crippen LogP contribution in [0.15, 0.2) is 51.5 Å². The number of oxazole rings is 1. The Morgan fingerprint density at radius 1 is 1.19 bits per heavy atom. The highest BCUT2D eigenvalue weighted by molar-refractivity contribution is 7.92. The van der Waals surface area contributed by atoms with Gasteiger partial charge in [-0.2, -0.15) is 10.2 Å². The maximum atomic E-state index is 12.7. The molecule has 3 heterocycles. The number of benzene rings is 1. The Balaban J connectivity index is 1.36. The number of carbonyl (C=O) groups excluding carboxylic acids is 1. The number of hydrogen-bond acceptors (Lipinski definition) is 8. The van der Waals surface area contributed by atoms with Crippen molar-refractivity contribution in [3.63, 3.8) is 0 Å². The molecular weight excluding hydrogens is 434 g/mol. The van der Waals surface area contributed by atoms with Crippen molar-refractivity contribution in [1.29, 1.82) is 5.26 Å². The summed E-state index contributed by atoms with van der Waals surface area (Å²) in [6.07, 6.45) is 3.75. The standard InChI is InChI=1S/C21H21N5O5S/c1-32(28,29)25-16-6-4-15(5-7-16)23-19(27)14-8-10-26(11-9-14)21-17(13-22)24-20(31-21)18-3-2-12-30-18/h2-7,12,14,25H,8-11H2,1H3,(H,23,27). The average molecular weight is 455 g/mol. The number of aromatic nitrogens is 1. The lowest BCUT2D eigenvalue weighted by Crippen LogP contribution is -2.38. The molecule has 0 saturated carbocycles. The van der Waals surface area contributed by atoms with E-state index in [1.807, 2.05) is 4.90 Å². The first-order chi connectivity index (χ1) is 15.3. The second-order valence-electron chi connectivity index (χ2n) is 7.46. The number of sulfonamides is 1. The van der Waals surface area contributed by atoms with Gasteiger partial charge in [0.25, 0.3) is 5.89 Å². The molecule has 2 aromatic heterocycles. The molecule has 1 aliphatic heterocycles. The van der Waals surface area contributed by atoms with E-state index >= 15 is 0 Å². The summed E-state index contributed by atoms with van der Waals surface area (Å²) in [5, 5.41) is 12.3. The summed E-state index contributed by atoms with van der Waals surface area (Å²) in [4.78, 5) is 18.8. The molecule has 3 aromatic rings. The third-order valence-corrected chi connectivity index (χ3v) is 5.66. The number of hydrogen-bond donors (Lipinski definition) is 2. The van der Waals surface area contributed by atoms with Gasteiger partial charge in [0.1, 0.15) is 6.07 Å². The van der Waals surface area contributed by atoms with E-state index in [1.54, 1.807) is 36.4 Å². The molecule has 10 nitrogen and oxygen atoms in total. The van der Waals surface area contributed by atoms with Crippen LogP contribution in [-0.4, -0.2) is 38.7 Å². The summed E-state index contributed by atoms with van der Waals surface area (Å²) in [6, 6.07) is 11.9. The predicted octanol–water partition coefficient (Wildman–Crippen LogP) is 3.03. The Labute approximate surface area is 184 Å². The van der Waals surface area contributed by atoms with Crippen LogP contribution < -0.4 is 14.9 Å². The van der Waals surface area contributed by atoms with Gasteiger partial charge in [-0.05, 0) is 49.2 Å². The van der Waals surface area contributed by atoms with Crippen LogP contribution in [0.25, 0.3) is 11.7 Å². The zero-order chi connectivity index (χ0) is 22.7. The van der Waals surface area contributed by atoms with Gasteiger partial charge >= 0.3 is 0 Å². The minimum atomic E-state index is -3.35. The normalized spacial score (nSPS) is 14.7. The fourth-order valence-electron chi connectivity index (χ4n) is 3.53. The molecule has 2 N–H and O–H groups in total. The van der Waals surface area contributed by atoms with Crippen molar-refractivity contribution in [3.8, 4) is 17.7 Å². The molecule has 0 aliphatic carbocycles. The third kappa shape index (κ3) is 4.92. The number of amides is 1. The lowest BCUT2D eigenvalue weighted by molar-refractivity contribution is -0.120. The molecule has 1 aromatic carbocycles. The smallest absolute Gasteiger partial charge is 0.266 e. The minimum absolute atomic E-state index is 0.108. The topological polar surface area (TPSA) is 141 Å². The largest absolute Gasteiger partial charge is 0.459 e. The summed E-state index contributed by atoms with van der Waals surface area (Å²) in [5.74, 6) is 0.766. The fourth-order valence-corrected chi connectivity index (χ4v) is 4.09. The van der Waals surface area contributed by atoms with Crippen LogP contribution in [0.3, 0.4) is 0 Å². The van der Waals surface area contributed by atoms with Gasteiger partial charge < -0.3 is 19.1 Å². The number of anilines is 3. The van der Waals surface area contributed by atoms with Crippen LogP contribution >= 0.6 is 0 Å². The van der Waals surface area contributed by atoms with Gasteiger partial charge in [0.05, 0.1) is 12.5 Å². The number of furan rings is 1. The number of piperidine rings is 1. The summed E-state index contributed by atoms with van der Waals surface area (Å²) >= 11 is 0. The quantitative estimate of drug-likeness (QED) is 0.578. The van der Waals surface area contributed by atoms with Gasteiger partial charge in [-0.3, -0.25) is 9.52 Å². The molecule has 0 atom stereocenters. The average Bonchev–Trinajstić information content (AvgIpc) is 3.44. The monoisotopic (exact) mass is 455 g/mol. The Morgan fingerprint density at radius 3 is 2.47 bits per heavy atom. The Bertz CT molecular complexity index is 1230. The molecule has 0 radical (unpaired) electrons. The lowest BCUT2D eigenvalue weighted by atomic mass is 9.96. The predicted molar refractivity (Wildman–Crippen MR) is 117 cm³/mol. The van der Waals surface area contributed by atoms with Gasteiger partial charge in [0, 0.05) is 30.4 Å². The van der Waals surface area contributed by atoms with Crippen molar-refractivity contribution in [2.24, 2.45) is 5.92 Å². The molecule has 1 fully saturated rings. The summed E-state index contributed by atoms with van der Waals surface area (Å²) in [7, 11) is -3.35. The molecule has 0 unspecified atom stereocenters. The SMILES string of the molecule is CS(=O)(=O)Nc1ccc(NC(=O)C2CCN(c3oc(-c4ccco4)nc3C#N)CC2)cc1. The van der Waals surface area contributed by atoms with E-state index in [1.165, 1.54) is 6.26 Å². The molecule has 4 rings (SSSR count). The number of rotatable bonds is 6. The number of nitrogens with zero attached hydrogens (tertiary/aromatic N) is 3. The van der Waals surface area contributed by atoms with E-state index in [9.17, 15) is 18.5 Å². The van der Waals surface area contributed by atoms with E-state index in [2.05, 4.69) is 21.1 Å². The zero-order valence-electron chi connectivity index (χ0n) is 17.2. The van der Waals surface area contributed by atoms with Crippen molar-refractivity contribution >= 4 is 33.2 Å². The van der Waals surface area contributed by atoms with Crippen LogP contribution in [0.1, 0.15) is 18.5 Å². The summed E-state index contributed by atoms with van der Waals surface area (Å²) in [5.41, 5.74) is 1.19. The van der Waals surface area contributed by atoms with Gasteiger partial charge in [-0.25, -0.2) is 8.42 Å². The Kier molecular flexibility index (Phi) is 5.87. The van der Waals surface area contributed by atoms with E-state index in [0.717, 1.165) is 6.26 Å². The molecule has 1 aliphatic rings. The third-order valence-electron chi connectivity index (χ3n) is 5.06. The van der Waals surface area contributed by atoms with Crippen LogP contribution in [0, 0.1) is 17.2 Å². The van der Waals surface area contributed by atoms with Crippen LogP contribution in [0.2, 0.25) is 0 Å². The molecule has 11 heteroatoms. The highest BCUT2D eigenvalue weighted by Gasteiger charge is 2.29. The fraction of sp³-hybridized carbons (Fsp3) is 0.286. The Morgan fingerprint density at radius 2 is 1.88 bits per heavy atom. The molecule has 0 bridgehead atoms. The molecule has 1 amide bonds. The van der Waals surface area contributed by atoms with Gasteiger partial charge in [0.2, 0.25) is 27.5 Å². The highest BCUT2D eigenvalue weighted by atomic mass is 32.2. The van der Waals surface area contributed by atoms with Gasteiger partial charge in [-0.15, -0.1) is 0 Å². The first-order valence-electron chi connectivity index (χ1n) is 9.91. The zero-order valence-corrected chi connectivity index (χ0v) is 18.1. The molecular formula is C21H21N5O5S. The van der Waals surface area contributed by atoms with Crippen LogP contribution in [0.5, 0.6) is 0 Å². The van der Waals surface area contributed by atoms with Crippen molar-refractivity contribution in [2.45, 2.75) is 12.8 Å². The lowest BCUT2D eigenvalue weighted by Gasteiger charge is -2.30. The molecule has 32 heavy (non-hydrogen) atoms. The van der Waals surface area contributed by atoms with E-state index < -0.39 is 10.0 Å². The van der Waals surface area contributed by atoms with Crippen molar-refractivity contribution < 1.29 is 22.0 Å². The number of nitrogens with one attached hydrogen (secondary N) is 2. The van der Waals surface area contributed by atoms with Crippen LogP contribution in [0.4, 0.5) is 17.3 Å². The molecule has 1 saturated heterocycles. The van der Waals surface area contributed by atoms with Crippen molar-refractivity contribution in [2.75, 3.05) is 34.3 Å². The van der Waals surface area contributed by atoms with Gasteiger partial charge in [-0.1, -0.05) is 0 Å². The van der Waals surface area contributed by atoms with E-state index in [0.29, 0.717) is 49.0 Å². The van der Waals surface area contributed by atoms with E-state index in [4.69, 9.17) is 8.83 Å². The summed E-state index contributed by atoms with van der Waals surface area (Å²) in [6.45, 7) is 1.08. The highest BCUT2D eigenvalue weighted by Crippen LogP contribution is 2.31. The number of carbonyl (C=O) groups is 1. The number of nitriles is 1. The second kappa shape index (κ2) is 8.76. The summed E-state index contributed by atoms with van der Waals surface area (Å²) < 4.78 is 36.0. The maximum Gasteiger partial charge on any atom is 0.266 e. The first-order valence-corrected chi connectivity index (χ1v) is 11.8. The second-order valence-corrected chi connectivity index (χ2v) is 9.21. The van der Waals surface area contributed by atoms with E-state index in [-0.39, 0.29) is 23.4 Å². The van der Waals surface area contributed by atoms with Crippen molar-refractivity contribution in [1.82, 2.24) is 4.98 Å². The Hall–Kier alpha value is -3.78. The van der Waals surface area contributed by atoms with Crippen molar-refractivity contribution in [3.05, 3.63) is 48.4 Å². The maximum absolute atomic E-state index is 12.7. The minimum Gasteiger partial charge on any atom is -0.459 e.